The Kier molecular flexibility index (Phi) is 8.14. The van der Waals surface area contributed by atoms with Crippen LogP contribution in [0, 0.1) is 0 Å². The topological polar surface area (TPSA) is 53.6 Å². The van der Waals surface area contributed by atoms with Crippen LogP contribution in [0.5, 0.6) is 5.75 Å². The maximum atomic E-state index is 12.3. The van der Waals surface area contributed by atoms with Gasteiger partial charge in [0.15, 0.2) is 0 Å². The van der Waals surface area contributed by atoms with Gasteiger partial charge < -0.3 is 20.3 Å². The molecular formula is C22H31N3O2. The van der Waals surface area contributed by atoms with Gasteiger partial charge in [-0.1, -0.05) is 48.5 Å². The van der Waals surface area contributed by atoms with Crippen molar-refractivity contribution in [2.45, 2.75) is 31.8 Å². The molecule has 0 saturated carbocycles. The first-order chi connectivity index (χ1) is 13.0. The molecule has 27 heavy (non-hydrogen) atoms. The summed E-state index contributed by atoms with van der Waals surface area (Å²) in [4.78, 5) is 14.4. The Morgan fingerprint density at radius 3 is 2.41 bits per heavy atom. The quantitative estimate of drug-likeness (QED) is 0.710. The molecule has 5 nitrogen and oxygen atoms in total. The fourth-order valence-electron chi connectivity index (χ4n) is 3.08. The molecule has 0 radical (unpaired) electrons. The molecule has 146 valence electrons. The van der Waals surface area contributed by atoms with E-state index in [0.29, 0.717) is 6.54 Å². The average molecular weight is 370 g/mol. The molecule has 0 aliphatic rings. The van der Waals surface area contributed by atoms with Crippen LogP contribution in [-0.2, 0) is 6.42 Å². The molecule has 0 aliphatic heterocycles. The summed E-state index contributed by atoms with van der Waals surface area (Å²) in [5.74, 6) is 0.828. The highest BCUT2D eigenvalue weighted by atomic mass is 16.5. The minimum atomic E-state index is -0.141. The Bertz CT molecular complexity index is 704. The third kappa shape index (κ3) is 6.61. The fourth-order valence-corrected chi connectivity index (χ4v) is 3.08. The average Bonchev–Trinajstić information content (AvgIpc) is 2.67. The van der Waals surface area contributed by atoms with E-state index in [9.17, 15) is 4.79 Å². The number of hydrogen-bond acceptors (Lipinski definition) is 3. The van der Waals surface area contributed by atoms with Crippen molar-refractivity contribution in [1.82, 2.24) is 15.5 Å². The van der Waals surface area contributed by atoms with Gasteiger partial charge in [0, 0.05) is 18.2 Å². The molecule has 0 aromatic heterocycles. The van der Waals surface area contributed by atoms with E-state index in [1.54, 1.807) is 7.11 Å². The lowest BCUT2D eigenvalue weighted by atomic mass is 10.0. The van der Waals surface area contributed by atoms with Crippen LogP contribution >= 0.6 is 0 Å². The molecule has 2 rings (SSSR count). The predicted molar refractivity (Wildman–Crippen MR) is 110 cm³/mol. The number of nitrogens with zero attached hydrogens (tertiary/aromatic N) is 1. The number of carbonyl (C=O) groups excluding carboxylic acids is 1. The van der Waals surface area contributed by atoms with E-state index in [2.05, 4.69) is 27.7 Å². The number of para-hydroxylation sites is 1. The number of benzene rings is 2. The highest BCUT2D eigenvalue weighted by molar-refractivity contribution is 5.74. The fraction of sp³-hybridized carbons (Fsp3) is 0.409. The number of amides is 2. The largest absolute Gasteiger partial charge is 0.496 e. The summed E-state index contributed by atoms with van der Waals surface area (Å²) in [6, 6.07) is 18.2. The number of carbonyl (C=O) groups is 1. The molecule has 0 saturated heterocycles. The number of methoxy groups -OCH3 is 1. The van der Waals surface area contributed by atoms with Crippen LogP contribution < -0.4 is 15.4 Å². The van der Waals surface area contributed by atoms with E-state index in [1.807, 2.05) is 63.5 Å². The third-order valence-electron chi connectivity index (χ3n) is 4.66. The molecule has 0 spiro atoms. The van der Waals surface area contributed by atoms with Crippen LogP contribution in [0.15, 0.2) is 54.6 Å². The first-order valence-electron chi connectivity index (χ1n) is 9.39. The van der Waals surface area contributed by atoms with Crippen molar-refractivity contribution < 1.29 is 9.53 Å². The lowest BCUT2D eigenvalue weighted by molar-refractivity contribution is 0.228. The van der Waals surface area contributed by atoms with Gasteiger partial charge in [0.2, 0.25) is 0 Å². The zero-order chi connectivity index (χ0) is 19.6. The Morgan fingerprint density at radius 2 is 1.74 bits per heavy atom. The van der Waals surface area contributed by atoms with Crippen LogP contribution in [0.2, 0.25) is 0 Å². The Morgan fingerprint density at radius 1 is 1.07 bits per heavy atom. The number of nitrogens with one attached hydrogen (secondary N) is 2. The number of rotatable bonds is 9. The maximum Gasteiger partial charge on any atom is 0.315 e. The molecule has 2 atom stereocenters. The van der Waals surface area contributed by atoms with Crippen molar-refractivity contribution in [3.05, 3.63) is 65.7 Å². The molecule has 0 fully saturated rings. The Labute approximate surface area is 162 Å². The second-order valence-corrected chi connectivity index (χ2v) is 7.00. The molecule has 2 aromatic carbocycles. The first-order valence-corrected chi connectivity index (χ1v) is 9.39. The van der Waals surface area contributed by atoms with Gasteiger partial charge in [-0.3, -0.25) is 0 Å². The van der Waals surface area contributed by atoms with E-state index in [-0.39, 0.29) is 18.1 Å². The highest BCUT2D eigenvalue weighted by Gasteiger charge is 2.19. The molecule has 0 heterocycles. The number of hydrogen-bond donors (Lipinski definition) is 2. The zero-order valence-electron chi connectivity index (χ0n) is 16.7. The molecule has 2 unspecified atom stereocenters. The summed E-state index contributed by atoms with van der Waals surface area (Å²) in [6.45, 7) is 2.54. The first kappa shape index (κ1) is 20.8. The van der Waals surface area contributed by atoms with Gasteiger partial charge in [-0.15, -0.1) is 0 Å². The molecule has 0 bridgehead atoms. The number of likely N-dealkylation sites (N-methyl/N-ethyl adjacent to an activating group) is 1. The monoisotopic (exact) mass is 369 g/mol. The number of urea groups is 1. The molecule has 2 aromatic rings. The summed E-state index contributed by atoms with van der Waals surface area (Å²) < 4.78 is 5.47. The summed E-state index contributed by atoms with van der Waals surface area (Å²) in [5.41, 5.74) is 2.35. The lowest BCUT2D eigenvalue weighted by Crippen LogP contribution is -2.44. The Balaban J connectivity index is 1.85. The van der Waals surface area contributed by atoms with Gasteiger partial charge in [-0.05, 0) is 45.5 Å². The van der Waals surface area contributed by atoms with Gasteiger partial charge >= 0.3 is 6.03 Å². The van der Waals surface area contributed by atoms with Crippen molar-refractivity contribution in [2.75, 3.05) is 27.7 Å². The van der Waals surface area contributed by atoms with Gasteiger partial charge in [-0.25, -0.2) is 4.79 Å². The summed E-state index contributed by atoms with van der Waals surface area (Å²) in [5, 5.41) is 6.02. The van der Waals surface area contributed by atoms with Crippen LogP contribution in [0.1, 0.15) is 30.5 Å². The summed E-state index contributed by atoms with van der Waals surface area (Å²) in [6.07, 6.45) is 1.85. The van der Waals surface area contributed by atoms with E-state index in [4.69, 9.17) is 4.74 Å². The Hall–Kier alpha value is -2.53. The van der Waals surface area contributed by atoms with Crippen LogP contribution in [-0.4, -0.2) is 44.7 Å². The van der Waals surface area contributed by atoms with Crippen LogP contribution in [0.3, 0.4) is 0 Å². The smallest absolute Gasteiger partial charge is 0.315 e. The maximum absolute atomic E-state index is 12.3. The minimum Gasteiger partial charge on any atom is -0.496 e. The van der Waals surface area contributed by atoms with Crippen molar-refractivity contribution in [3.63, 3.8) is 0 Å². The highest BCUT2D eigenvalue weighted by Crippen LogP contribution is 2.27. The SMILES string of the molecule is COc1ccccc1C(CNC(=O)NC(C)CCc1ccccc1)N(C)C. The molecular weight excluding hydrogens is 338 g/mol. The lowest BCUT2D eigenvalue weighted by Gasteiger charge is -2.27. The molecule has 0 aliphatic carbocycles. The number of aryl methyl sites for hydroxylation is 1. The van der Waals surface area contributed by atoms with Crippen LogP contribution in [0.4, 0.5) is 4.79 Å². The van der Waals surface area contributed by atoms with E-state index >= 15 is 0 Å². The zero-order valence-corrected chi connectivity index (χ0v) is 16.7. The van der Waals surface area contributed by atoms with Gasteiger partial charge in [0.05, 0.1) is 13.2 Å². The second-order valence-electron chi connectivity index (χ2n) is 7.00. The van der Waals surface area contributed by atoms with E-state index in [1.165, 1.54) is 5.56 Å². The standard InChI is InChI=1S/C22H31N3O2/c1-17(14-15-18-10-6-5-7-11-18)24-22(26)23-16-20(25(2)3)19-12-8-9-13-21(19)27-4/h5-13,17,20H,14-16H2,1-4H3,(H2,23,24,26). The van der Waals surface area contributed by atoms with Crippen molar-refractivity contribution in [3.8, 4) is 5.75 Å². The number of ether oxygens (including phenoxy) is 1. The summed E-state index contributed by atoms with van der Waals surface area (Å²) in [7, 11) is 5.67. The predicted octanol–water partition coefficient (Wildman–Crippen LogP) is 3.62. The molecule has 2 N–H and O–H groups in total. The third-order valence-corrected chi connectivity index (χ3v) is 4.66. The van der Waals surface area contributed by atoms with Gasteiger partial charge in [0.1, 0.15) is 5.75 Å². The molecule has 2 amide bonds. The molecule has 5 heteroatoms. The summed E-state index contributed by atoms with van der Waals surface area (Å²) >= 11 is 0. The minimum absolute atomic E-state index is 0.0338. The van der Waals surface area contributed by atoms with Crippen molar-refractivity contribution >= 4 is 6.03 Å². The van der Waals surface area contributed by atoms with E-state index in [0.717, 1.165) is 24.2 Å². The van der Waals surface area contributed by atoms with Gasteiger partial charge in [0.25, 0.3) is 0 Å². The van der Waals surface area contributed by atoms with Crippen LogP contribution in [0.25, 0.3) is 0 Å². The van der Waals surface area contributed by atoms with Gasteiger partial charge in [-0.2, -0.15) is 0 Å². The normalized spacial score (nSPS) is 13.1. The van der Waals surface area contributed by atoms with E-state index < -0.39 is 0 Å². The second kappa shape index (κ2) is 10.6. The van der Waals surface area contributed by atoms with Crippen molar-refractivity contribution in [1.29, 1.82) is 0 Å². The van der Waals surface area contributed by atoms with Crippen molar-refractivity contribution in [2.24, 2.45) is 0 Å².